The number of benzene rings is 1. The molecular weight excluding hydrogens is 332 g/mol. The van der Waals surface area contributed by atoms with Crippen LogP contribution in [-0.2, 0) is 17.6 Å². The normalized spacial score (nSPS) is 16.6. The van der Waals surface area contributed by atoms with Crippen molar-refractivity contribution < 1.29 is 18.8 Å². The number of carbonyl (C=O) groups is 1. The monoisotopic (exact) mass is 358 g/mol. The SMILES string of the molecule is CCc1cc(C(=O)N(CCc2ccc(OC)cc2)CC2CCCO2)on1. The lowest BCUT2D eigenvalue weighted by atomic mass is 10.1. The van der Waals surface area contributed by atoms with Gasteiger partial charge >= 0.3 is 0 Å². The Hall–Kier alpha value is -2.34. The number of aryl methyl sites for hydroxylation is 1. The van der Waals surface area contributed by atoms with E-state index in [4.69, 9.17) is 14.0 Å². The Labute approximate surface area is 154 Å². The minimum Gasteiger partial charge on any atom is -0.497 e. The van der Waals surface area contributed by atoms with E-state index in [1.54, 1.807) is 13.2 Å². The van der Waals surface area contributed by atoms with E-state index in [1.807, 2.05) is 36.1 Å². The van der Waals surface area contributed by atoms with Crippen molar-refractivity contribution in [3.63, 3.8) is 0 Å². The molecule has 1 aromatic heterocycles. The van der Waals surface area contributed by atoms with Crippen molar-refractivity contribution in [1.29, 1.82) is 0 Å². The minimum atomic E-state index is -0.124. The molecule has 1 aliphatic rings. The van der Waals surface area contributed by atoms with Gasteiger partial charge in [0, 0.05) is 25.8 Å². The number of methoxy groups -OCH3 is 1. The maximum absolute atomic E-state index is 12.9. The van der Waals surface area contributed by atoms with Crippen molar-refractivity contribution >= 4 is 5.91 Å². The predicted molar refractivity (Wildman–Crippen MR) is 97.5 cm³/mol. The van der Waals surface area contributed by atoms with Crippen molar-refractivity contribution in [2.75, 3.05) is 26.8 Å². The summed E-state index contributed by atoms with van der Waals surface area (Å²) in [7, 11) is 1.65. The van der Waals surface area contributed by atoms with Crippen molar-refractivity contribution in [2.24, 2.45) is 0 Å². The summed E-state index contributed by atoms with van der Waals surface area (Å²) in [6.45, 7) is 3.94. The van der Waals surface area contributed by atoms with E-state index in [1.165, 1.54) is 0 Å². The van der Waals surface area contributed by atoms with Crippen LogP contribution >= 0.6 is 0 Å². The molecule has 0 N–H and O–H groups in total. The number of aromatic nitrogens is 1. The van der Waals surface area contributed by atoms with E-state index in [9.17, 15) is 4.79 Å². The van der Waals surface area contributed by atoms with E-state index in [0.29, 0.717) is 18.8 Å². The van der Waals surface area contributed by atoms with E-state index < -0.39 is 0 Å². The summed E-state index contributed by atoms with van der Waals surface area (Å²) >= 11 is 0. The van der Waals surface area contributed by atoms with Crippen LogP contribution in [0.5, 0.6) is 5.75 Å². The molecule has 0 aliphatic carbocycles. The third kappa shape index (κ3) is 4.64. The summed E-state index contributed by atoms with van der Waals surface area (Å²) in [5.74, 6) is 1.01. The molecule has 140 valence electrons. The summed E-state index contributed by atoms with van der Waals surface area (Å²) in [5.41, 5.74) is 1.95. The summed E-state index contributed by atoms with van der Waals surface area (Å²) in [6.07, 6.45) is 3.64. The van der Waals surface area contributed by atoms with Gasteiger partial charge in [0.2, 0.25) is 5.76 Å². The topological polar surface area (TPSA) is 64.8 Å². The highest BCUT2D eigenvalue weighted by Crippen LogP contribution is 2.17. The number of nitrogens with zero attached hydrogens (tertiary/aromatic N) is 2. The van der Waals surface area contributed by atoms with Gasteiger partial charge in [-0.3, -0.25) is 4.79 Å². The van der Waals surface area contributed by atoms with Gasteiger partial charge in [-0.1, -0.05) is 24.2 Å². The van der Waals surface area contributed by atoms with Gasteiger partial charge in [-0.05, 0) is 43.4 Å². The summed E-state index contributed by atoms with van der Waals surface area (Å²) in [4.78, 5) is 14.7. The van der Waals surface area contributed by atoms with E-state index in [2.05, 4.69) is 5.16 Å². The molecule has 1 saturated heterocycles. The van der Waals surface area contributed by atoms with Crippen molar-refractivity contribution in [1.82, 2.24) is 10.1 Å². The molecule has 1 unspecified atom stereocenters. The molecule has 1 amide bonds. The van der Waals surface area contributed by atoms with Gasteiger partial charge in [0.05, 0.1) is 18.9 Å². The number of ether oxygens (including phenoxy) is 2. The molecule has 0 radical (unpaired) electrons. The molecule has 2 aromatic rings. The Morgan fingerprint density at radius 3 is 2.77 bits per heavy atom. The summed E-state index contributed by atoms with van der Waals surface area (Å²) in [6, 6.07) is 9.66. The fourth-order valence-electron chi connectivity index (χ4n) is 3.10. The van der Waals surface area contributed by atoms with Crippen LogP contribution in [-0.4, -0.2) is 48.9 Å². The van der Waals surface area contributed by atoms with Crippen LogP contribution in [0.4, 0.5) is 0 Å². The fraction of sp³-hybridized carbons (Fsp3) is 0.500. The quantitative estimate of drug-likeness (QED) is 0.725. The van der Waals surface area contributed by atoms with Gasteiger partial charge in [-0.25, -0.2) is 0 Å². The van der Waals surface area contributed by atoms with Crippen LogP contribution in [0.2, 0.25) is 0 Å². The van der Waals surface area contributed by atoms with Gasteiger partial charge in [0.1, 0.15) is 5.75 Å². The molecule has 3 rings (SSSR count). The molecule has 1 fully saturated rings. The molecule has 6 nitrogen and oxygen atoms in total. The Morgan fingerprint density at radius 2 is 2.15 bits per heavy atom. The first-order valence-corrected chi connectivity index (χ1v) is 9.19. The first-order chi connectivity index (χ1) is 12.7. The van der Waals surface area contributed by atoms with Crippen LogP contribution in [0, 0.1) is 0 Å². The number of hydrogen-bond acceptors (Lipinski definition) is 5. The Kier molecular flexibility index (Phi) is 6.28. The van der Waals surface area contributed by atoms with Crippen molar-refractivity contribution in [2.45, 2.75) is 38.7 Å². The molecule has 0 bridgehead atoms. The lowest BCUT2D eigenvalue weighted by molar-refractivity contribution is 0.0498. The third-order valence-electron chi connectivity index (χ3n) is 4.70. The van der Waals surface area contributed by atoms with Crippen molar-refractivity contribution in [3.8, 4) is 5.75 Å². The molecular formula is C20H26N2O4. The van der Waals surface area contributed by atoms with Gasteiger partial charge in [-0.2, -0.15) is 0 Å². The zero-order valence-electron chi connectivity index (χ0n) is 15.4. The first kappa shape index (κ1) is 18.5. The molecule has 1 atom stereocenters. The van der Waals surface area contributed by atoms with Crippen molar-refractivity contribution in [3.05, 3.63) is 47.3 Å². The second-order valence-electron chi connectivity index (χ2n) is 6.52. The second-order valence-corrected chi connectivity index (χ2v) is 6.52. The predicted octanol–water partition coefficient (Wildman–Crippen LogP) is 3.11. The molecule has 0 saturated carbocycles. The third-order valence-corrected chi connectivity index (χ3v) is 4.70. The second kappa shape index (κ2) is 8.85. The van der Waals surface area contributed by atoms with Crippen LogP contribution < -0.4 is 4.74 Å². The van der Waals surface area contributed by atoms with Gasteiger partial charge in [0.25, 0.3) is 5.91 Å². The zero-order chi connectivity index (χ0) is 18.4. The fourth-order valence-corrected chi connectivity index (χ4v) is 3.10. The highest BCUT2D eigenvalue weighted by Gasteiger charge is 2.25. The van der Waals surface area contributed by atoms with Crippen LogP contribution in [0.1, 0.15) is 41.6 Å². The maximum atomic E-state index is 12.9. The molecule has 6 heteroatoms. The molecule has 2 heterocycles. The summed E-state index contributed by atoms with van der Waals surface area (Å²) < 4.78 is 16.2. The average molecular weight is 358 g/mol. The lowest BCUT2D eigenvalue weighted by Crippen LogP contribution is -2.38. The van der Waals surface area contributed by atoms with Crippen LogP contribution in [0.3, 0.4) is 0 Å². The average Bonchev–Trinajstić information content (AvgIpc) is 3.36. The van der Waals surface area contributed by atoms with E-state index in [-0.39, 0.29) is 12.0 Å². The van der Waals surface area contributed by atoms with E-state index >= 15 is 0 Å². The minimum absolute atomic E-state index is 0.100. The Bertz CT molecular complexity index is 705. The molecule has 0 spiro atoms. The molecule has 1 aliphatic heterocycles. The summed E-state index contributed by atoms with van der Waals surface area (Å²) in [5, 5.41) is 3.94. The largest absolute Gasteiger partial charge is 0.497 e. The first-order valence-electron chi connectivity index (χ1n) is 9.19. The lowest BCUT2D eigenvalue weighted by Gasteiger charge is -2.24. The Balaban J connectivity index is 1.68. The smallest absolute Gasteiger partial charge is 0.292 e. The van der Waals surface area contributed by atoms with Gasteiger partial charge in [0.15, 0.2) is 0 Å². The van der Waals surface area contributed by atoms with Gasteiger partial charge in [-0.15, -0.1) is 0 Å². The number of rotatable bonds is 8. The van der Waals surface area contributed by atoms with Gasteiger partial charge < -0.3 is 18.9 Å². The zero-order valence-corrected chi connectivity index (χ0v) is 15.4. The highest BCUT2D eigenvalue weighted by atomic mass is 16.5. The maximum Gasteiger partial charge on any atom is 0.292 e. The van der Waals surface area contributed by atoms with Crippen LogP contribution in [0.15, 0.2) is 34.9 Å². The number of amides is 1. The standard InChI is InChI=1S/C20H26N2O4/c1-3-16-13-19(26-21-16)20(23)22(14-18-5-4-12-25-18)11-10-15-6-8-17(24-2)9-7-15/h6-9,13,18H,3-5,10-12,14H2,1-2H3. The highest BCUT2D eigenvalue weighted by molar-refractivity contribution is 5.91. The van der Waals surface area contributed by atoms with E-state index in [0.717, 1.165) is 49.3 Å². The molecule has 1 aromatic carbocycles. The number of carbonyl (C=O) groups excluding carboxylic acids is 1. The molecule has 26 heavy (non-hydrogen) atoms. The Morgan fingerprint density at radius 1 is 1.35 bits per heavy atom. The number of hydrogen-bond donors (Lipinski definition) is 0. The van der Waals surface area contributed by atoms with Crippen LogP contribution in [0.25, 0.3) is 0 Å².